The van der Waals surface area contributed by atoms with E-state index in [2.05, 4.69) is 148 Å². The van der Waals surface area contributed by atoms with Gasteiger partial charge in [0.2, 0.25) is 0 Å². The summed E-state index contributed by atoms with van der Waals surface area (Å²) in [6.45, 7) is 9.06. The second-order valence-corrected chi connectivity index (χ2v) is 14.4. The summed E-state index contributed by atoms with van der Waals surface area (Å²) >= 11 is 0. The maximum Gasteiger partial charge on any atom is 0.159 e. The Morgan fingerprint density at radius 2 is 0.769 bits per heavy atom. The first-order valence-corrected chi connectivity index (χ1v) is 19.6. The largest absolute Gasteiger partial charge is 1.00 e. The molecule has 3 N–H and O–H groups in total. The molecule has 0 aliphatic rings. The Hall–Kier alpha value is -4.55. The number of fused-ring (bicyclic) bond motifs is 4. The standard InChI is InChI=1S/C45H56N6.ClH/c1-6-10-14-32-18-24-36(25-19-32)50-40-30-34(16-12-8-3)22-28-38(40)46-42-44(50)48-45-43(49(42)5)47-39-29-23-35(17-13-9-4)31-41(39)51(45)37-26-20-33(21-27-37)15-11-7-2;/h18-31,46-48H,6-17H2,1-5H3;1H/p-1. The van der Waals surface area contributed by atoms with Gasteiger partial charge in [0.15, 0.2) is 22.6 Å². The van der Waals surface area contributed by atoms with Crippen molar-refractivity contribution in [3.63, 3.8) is 0 Å². The molecule has 0 aliphatic heterocycles. The average molecular weight is 716 g/mol. The third-order valence-electron chi connectivity index (χ3n) is 10.6. The Kier molecular flexibility index (Phi) is 12.1. The highest BCUT2D eigenvalue weighted by Crippen LogP contribution is 2.31. The van der Waals surface area contributed by atoms with Crippen LogP contribution in [0.5, 0.6) is 0 Å². The Labute approximate surface area is 315 Å². The Morgan fingerprint density at radius 1 is 0.423 bits per heavy atom. The molecule has 0 amide bonds. The number of aryl methyl sites for hydroxylation is 5. The van der Waals surface area contributed by atoms with Gasteiger partial charge in [-0.1, -0.05) is 89.8 Å². The van der Waals surface area contributed by atoms with Gasteiger partial charge >= 0.3 is 0 Å². The van der Waals surface area contributed by atoms with E-state index in [0.717, 1.165) is 70.7 Å². The molecule has 0 bridgehead atoms. The van der Waals surface area contributed by atoms with E-state index < -0.39 is 0 Å². The highest BCUT2D eigenvalue weighted by Gasteiger charge is 2.18. The third-order valence-corrected chi connectivity index (χ3v) is 10.6. The topological polar surface area (TPSA) is 62.2 Å². The van der Waals surface area contributed by atoms with Gasteiger partial charge in [-0.3, -0.25) is 9.13 Å². The summed E-state index contributed by atoms with van der Waals surface area (Å²) < 4.78 is 7.15. The Morgan fingerprint density at radius 3 is 1.13 bits per heavy atom. The second kappa shape index (κ2) is 16.9. The van der Waals surface area contributed by atoms with Gasteiger partial charge in [-0.2, -0.15) is 0 Å². The van der Waals surface area contributed by atoms with Gasteiger partial charge in [0, 0.05) is 18.4 Å². The van der Waals surface area contributed by atoms with Crippen molar-refractivity contribution in [2.24, 2.45) is 7.05 Å². The molecule has 0 fully saturated rings. The lowest BCUT2D eigenvalue weighted by Gasteiger charge is -2.23. The monoisotopic (exact) mass is 715 g/mol. The van der Waals surface area contributed by atoms with Crippen molar-refractivity contribution in [3.8, 4) is 11.4 Å². The van der Waals surface area contributed by atoms with Crippen LogP contribution >= 0.6 is 0 Å². The SMILES string of the molecule is CCCCc1ccc(-n2c3cc(CCCC)ccc3[nH]c3c2[nH]c2c([nH]c4ccc(CCCC)cc4n2-c2ccc(CCCC)cc2)n3C)cc1.[Cl-]. The van der Waals surface area contributed by atoms with Crippen LogP contribution < -0.4 is 12.4 Å². The molecule has 0 atom stereocenters. The number of nitrogens with zero attached hydrogens (tertiary/aromatic N) is 3. The first-order valence-electron chi connectivity index (χ1n) is 19.6. The van der Waals surface area contributed by atoms with Gasteiger partial charge in [-0.05, 0) is 122 Å². The van der Waals surface area contributed by atoms with Crippen molar-refractivity contribution < 1.29 is 12.4 Å². The number of rotatable bonds is 14. The number of nitrogens with one attached hydrogen (secondary N) is 3. The van der Waals surface area contributed by atoms with Crippen molar-refractivity contribution in [1.82, 2.24) is 28.7 Å². The molecule has 6 nitrogen and oxygen atoms in total. The van der Waals surface area contributed by atoms with Crippen molar-refractivity contribution in [1.29, 1.82) is 0 Å². The number of benzene rings is 4. The Balaban J connectivity index is 0.00000464. The molecule has 0 radical (unpaired) electrons. The van der Waals surface area contributed by atoms with Crippen LogP contribution in [-0.2, 0) is 32.7 Å². The summed E-state index contributed by atoms with van der Waals surface area (Å²) in [5, 5.41) is 0. The van der Waals surface area contributed by atoms with E-state index in [4.69, 9.17) is 0 Å². The lowest BCUT2D eigenvalue weighted by atomic mass is 10.1. The zero-order chi connectivity index (χ0) is 35.3. The lowest BCUT2D eigenvalue weighted by Crippen LogP contribution is -3.00. The average Bonchev–Trinajstić information content (AvgIpc) is 3.17. The van der Waals surface area contributed by atoms with Crippen LogP contribution in [0.4, 0.5) is 0 Å². The number of hydrogen-bond acceptors (Lipinski definition) is 0. The molecule has 7 heteroatoms. The fraction of sp³-hybridized carbons (Fsp3) is 0.378. The van der Waals surface area contributed by atoms with Crippen molar-refractivity contribution >= 4 is 44.7 Å². The third kappa shape index (κ3) is 7.50. The highest BCUT2D eigenvalue weighted by atomic mass is 35.5. The molecule has 274 valence electrons. The van der Waals surface area contributed by atoms with Crippen LogP contribution in [0.3, 0.4) is 0 Å². The molecule has 0 saturated heterocycles. The van der Waals surface area contributed by atoms with E-state index in [-0.39, 0.29) is 12.4 Å². The maximum atomic E-state index is 4.03. The smallest absolute Gasteiger partial charge is 0.159 e. The van der Waals surface area contributed by atoms with Gasteiger partial charge in [-0.25, -0.2) is 0 Å². The summed E-state index contributed by atoms with van der Waals surface area (Å²) in [4.78, 5) is 11.7. The minimum atomic E-state index is 0. The maximum absolute atomic E-state index is 4.03. The second-order valence-electron chi connectivity index (χ2n) is 14.4. The molecule has 0 spiro atoms. The van der Waals surface area contributed by atoms with Crippen LogP contribution in [0, 0.1) is 0 Å². The van der Waals surface area contributed by atoms with Crippen LogP contribution in [-0.4, -0.2) is 28.7 Å². The van der Waals surface area contributed by atoms with Crippen LogP contribution in [0.2, 0.25) is 0 Å². The summed E-state index contributed by atoms with van der Waals surface area (Å²) in [7, 11) is 2.17. The molecule has 7 rings (SSSR count). The van der Waals surface area contributed by atoms with E-state index in [0.29, 0.717) is 0 Å². The quantitative estimate of drug-likeness (QED) is 0.0941. The molecule has 0 aliphatic carbocycles. The fourth-order valence-electron chi connectivity index (χ4n) is 7.50. The molecular weight excluding hydrogens is 660 g/mol. The van der Waals surface area contributed by atoms with Gasteiger partial charge < -0.3 is 31.9 Å². The molecule has 3 aromatic heterocycles. The molecular formula is C45H56ClN6-. The zero-order valence-electron chi connectivity index (χ0n) is 31.8. The lowest BCUT2D eigenvalue weighted by molar-refractivity contribution is -0.0000108. The summed E-state index contributed by atoms with van der Waals surface area (Å²) in [6.07, 6.45) is 13.9. The number of halogens is 1. The predicted octanol–water partition coefficient (Wildman–Crippen LogP) is 9.26. The first-order chi connectivity index (χ1) is 25.0. The van der Waals surface area contributed by atoms with Gasteiger partial charge in [-0.15, -0.1) is 0 Å². The van der Waals surface area contributed by atoms with E-state index in [1.54, 1.807) is 0 Å². The number of aromatic nitrogens is 6. The molecule has 0 saturated carbocycles. The number of hydrogen-bond donors (Lipinski definition) is 3. The summed E-state index contributed by atoms with van der Waals surface area (Å²) in [5.74, 6) is 0. The normalized spacial score (nSPS) is 11.6. The summed E-state index contributed by atoms with van der Waals surface area (Å²) in [5.41, 5.74) is 16.5. The first kappa shape index (κ1) is 37.2. The van der Waals surface area contributed by atoms with Gasteiger partial charge in [0.1, 0.15) is 0 Å². The van der Waals surface area contributed by atoms with Crippen LogP contribution in [0.15, 0.2) is 84.9 Å². The fourth-order valence-corrected chi connectivity index (χ4v) is 7.50. The van der Waals surface area contributed by atoms with Gasteiger partial charge in [0.25, 0.3) is 0 Å². The Bertz CT molecular complexity index is 2150. The zero-order valence-corrected chi connectivity index (χ0v) is 32.5. The van der Waals surface area contributed by atoms with Crippen LogP contribution in [0.25, 0.3) is 56.0 Å². The molecule has 7 aromatic rings. The van der Waals surface area contributed by atoms with Crippen molar-refractivity contribution in [2.45, 2.75) is 105 Å². The molecule has 4 aromatic carbocycles. The highest BCUT2D eigenvalue weighted by molar-refractivity contribution is 5.93. The molecule has 0 unspecified atom stereocenters. The number of H-pyrrole nitrogens is 3. The summed E-state index contributed by atoms with van der Waals surface area (Å²) in [6, 6.07) is 32.3. The van der Waals surface area contributed by atoms with E-state index in [1.165, 1.54) is 84.7 Å². The van der Waals surface area contributed by atoms with Gasteiger partial charge in [0.05, 0.1) is 22.1 Å². The number of unbranched alkanes of at least 4 members (excludes halogenated alkanes) is 4. The van der Waals surface area contributed by atoms with Crippen molar-refractivity contribution in [3.05, 3.63) is 107 Å². The minimum Gasteiger partial charge on any atom is -1.00 e. The van der Waals surface area contributed by atoms with E-state index in [9.17, 15) is 0 Å². The number of aromatic amines is 3. The van der Waals surface area contributed by atoms with E-state index in [1.807, 2.05) is 0 Å². The van der Waals surface area contributed by atoms with Crippen molar-refractivity contribution in [2.75, 3.05) is 0 Å². The predicted molar refractivity (Wildman–Crippen MR) is 218 cm³/mol. The minimum absolute atomic E-state index is 0. The molecule has 52 heavy (non-hydrogen) atoms. The van der Waals surface area contributed by atoms with E-state index >= 15 is 0 Å². The molecule has 3 heterocycles. The van der Waals surface area contributed by atoms with Crippen LogP contribution in [0.1, 0.15) is 101 Å².